The van der Waals surface area contributed by atoms with Crippen molar-refractivity contribution in [2.75, 3.05) is 0 Å². The first-order valence-electron chi connectivity index (χ1n) is 11.3. The van der Waals surface area contributed by atoms with Crippen LogP contribution in [0.4, 0.5) is 0 Å². The summed E-state index contributed by atoms with van der Waals surface area (Å²) in [6.45, 7) is 0. The third-order valence-corrected chi connectivity index (χ3v) is 5.81. The van der Waals surface area contributed by atoms with Crippen molar-refractivity contribution in [1.82, 2.24) is 0 Å². The van der Waals surface area contributed by atoms with Gasteiger partial charge in [0.25, 0.3) is 0 Å². The van der Waals surface area contributed by atoms with Crippen LogP contribution in [0.15, 0.2) is 114 Å². The number of carbonyl (C=O) groups is 2. The van der Waals surface area contributed by atoms with Crippen LogP contribution in [0.2, 0.25) is 0 Å². The van der Waals surface area contributed by atoms with Crippen LogP contribution in [0.5, 0.6) is 5.75 Å². The number of rotatable bonds is 7. The molecule has 4 nitrogen and oxygen atoms in total. The van der Waals surface area contributed by atoms with Crippen molar-refractivity contribution < 1.29 is 19.1 Å². The fourth-order valence-electron chi connectivity index (χ4n) is 3.99. The first kappa shape index (κ1) is 22.1. The lowest BCUT2D eigenvalue weighted by atomic mass is 10.0. The minimum absolute atomic E-state index is 0.111. The van der Waals surface area contributed by atoms with Gasteiger partial charge >= 0.3 is 0 Å². The highest BCUT2D eigenvalue weighted by atomic mass is 16.3. The summed E-state index contributed by atoms with van der Waals surface area (Å²) in [6.07, 6.45) is 3.72. The number of ketones is 2. The monoisotopic (exact) mass is 458 g/mol. The Morgan fingerprint density at radius 1 is 0.743 bits per heavy atom. The largest absolute Gasteiger partial charge is 0.507 e. The van der Waals surface area contributed by atoms with E-state index in [1.54, 1.807) is 42.5 Å². The summed E-state index contributed by atoms with van der Waals surface area (Å²) in [5.74, 6) is 0.147. The lowest BCUT2D eigenvalue weighted by Crippen LogP contribution is -1.98. The van der Waals surface area contributed by atoms with E-state index in [4.69, 9.17) is 4.42 Å². The van der Waals surface area contributed by atoms with Crippen molar-refractivity contribution in [2.45, 2.75) is 6.42 Å². The van der Waals surface area contributed by atoms with Gasteiger partial charge in [-0.25, -0.2) is 0 Å². The van der Waals surface area contributed by atoms with Gasteiger partial charge < -0.3 is 9.52 Å². The molecule has 0 radical (unpaired) electrons. The Morgan fingerprint density at radius 3 is 2.14 bits per heavy atom. The molecule has 0 unspecified atom stereocenters. The first-order chi connectivity index (χ1) is 17.1. The smallest absolute Gasteiger partial charge is 0.228 e. The third-order valence-electron chi connectivity index (χ3n) is 5.81. The number of fused-ring (bicyclic) bond motifs is 1. The predicted octanol–water partition coefficient (Wildman–Crippen LogP) is 6.86. The van der Waals surface area contributed by atoms with Crippen molar-refractivity contribution in [3.05, 3.63) is 143 Å². The van der Waals surface area contributed by atoms with Crippen LogP contribution in [0, 0.1) is 0 Å². The Balaban J connectivity index is 1.35. The summed E-state index contributed by atoms with van der Waals surface area (Å²) in [4.78, 5) is 25.1. The molecule has 0 aliphatic rings. The van der Waals surface area contributed by atoms with Crippen LogP contribution >= 0.6 is 0 Å². The van der Waals surface area contributed by atoms with E-state index in [-0.39, 0.29) is 17.3 Å². The summed E-state index contributed by atoms with van der Waals surface area (Å²) in [7, 11) is 0. The zero-order chi connectivity index (χ0) is 24.2. The molecule has 5 rings (SSSR count). The molecule has 0 fully saturated rings. The predicted molar refractivity (Wildman–Crippen MR) is 137 cm³/mol. The summed E-state index contributed by atoms with van der Waals surface area (Å²) in [6, 6.07) is 31.0. The maximum atomic E-state index is 12.7. The molecule has 0 atom stereocenters. The molecule has 0 aliphatic heterocycles. The van der Waals surface area contributed by atoms with Crippen LogP contribution in [0.1, 0.15) is 43.2 Å². The van der Waals surface area contributed by atoms with E-state index in [0.717, 1.165) is 16.5 Å². The van der Waals surface area contributed by atoms with Gasteiger partial charge in [-0.15, -0.1) is 0 Å². The van der Waals surface area contributed by atoms with Gasteiger partial charge in [0.1, 0.15) is 11.3 Å². The Hall–Kier alpha value is -4.70. The van der Waals surface area contributed by atoms with E-state index in [1.807, 2.05) is 66.7 Å². The average Bonchev–Trinajstić information content (AvgIpc) is 3.33. The van der Waals surface area contributed by atoms with Gasteiger partial charge in [-0.2, -0.15) is 0 Å². The molecule has 4 aromatic carbocycles. The second kappa shape index (κ2) is 9.65. The lowest BCUT2D eigenvalue weighted by molar-refractivity contribution is 0.101. The summed E-state index contributed by atoms with van der Waals surface area (Å²) >= 11 is 0. The standard InChI is InChI=1S/C31H22O4/c32-27(23-7-3-1-4-8-23)15-13-25-18-21(11-14-28(25)33)17-22-12-16-29-26(19-22)20-30(35-29)31(34)24-9-5-2-6-10-24/h1-16,18-20,33H,17H2/b15-13+. The molecule has 1 N–H and O–H groups in total. The highest BCUT2D eigenvalue weighted by Crippen LogP contribution is 2.26. The molecule has 1 heterocycles. The van der Waals surface area contributed by atoms with E-state index in [2.05, 4.69) is 0 Å². The number of benzene rings is 4. The molecular weight excluding hydrogens is 436 g/mol. The molecule has 4 heteroatoms. The van der Waals surface area contributed by atoms with Crippen molar-refractivity contribution in [3.63, 3.8) is 0 Å². The Kier molecular flexibility index (Phi) is 6.10. The van der Waals surface area contributed by atoms with Gasteiger partial charge in [0.05, 0.1) is 0 Å². The van der Waals surface area contributed by atoms with Gasteiger partial charge in [0.15, 0.2) is 11.5 Å². The zero-order valence-corrected chi connectivity index (χ0v) is 18.8. The Bertz CT molecular complexity index is 1540. The van der Waals surface area contributed by atoms with Crippen LogP contribution < -0.4 is 0 Å². The maximum absolute atomic E-state index is 12.7. The Morgan fingerprint density at radius 2 is 1.40 bits per heavy atom. The number of furan rings is 1. The normalized spacial score (nSPS) is 11.2. The first-order valence-corrected chi connectivity index (χ1v) is 11.3. The minimum Gasteiger partial charge on any atom is -0.507 e. The van der Waals surface area contributed by atoms with Crippen molar-refractivity contribution in [1.29, 1.82) is 0 Å². The quantitative estimate of drug-likeness (QED) is 0.214. The fourth-order valence-corrected chi connectivity index (χ4v) is 3.99. The molecule has 0 spiro atoms. The fraction of sp³-hybridized carbons (Fsp3) is 0.0323. The van der Waals surface area contributed by atoms with Gasteiger partial charge in [-0.05, 0) is 60.0 Å². The third kappa shape index (κ3) is 4.97. The molecule has 1 aromatic heterocycles. The SMILES string of the molecule is O=C(/C=C/c1cc(Cc2ccc3oc(C(=O)c4ccccc4)cc3c2)ccc1O)c1ccccc1. The van der Waals surface area contributed by atoms with Crippen LogP contribution in [0.25, 0.3) is 17.0 Å². The lowest BCUT2D eigenvalue weighted by Gasteiger charge is -2.06. The zero-order valence-electron chi connectivity index (χ0n) is 18.8. The second-order valence-corrected chi connectivity index (χ2v) is 8.31. The second-order valence-electron chi connectivity index (χ2n) is 8.31. The molecule has 170 valence electrons. The van der Waals surface area contributed by atoms with E-state index in [9.17, 15) is 14.7 Å². The van der Waals surface area contributed by atoms with Crippen molar-refractivity contribution >= 4 is 28.6 Å². The minimum atomic E-state index is -0.150. The highest BCUT2D eigenvalue weighted by Gasteiger charge is 2.14. The van der Waals surface area contributed by atoms with Crippen molar-refractivity contribution in [2.24, 2.45) is 0 Å². The number of hydrogen-bond acceptors (Lipinski definition) is 4. The number of phenols is 1. The van der Waals surface area contributed by atoms with Gasteiger partial charge in [0, 0.05) is 22.1 Å². The van der Waals surface area contributed by atoms with Gasteiger partial charge in [-0.1, -0.05) is 72.8 Å². The average molecular weight is 459 g/mol. The topological polar surface area (TPSA) is 67.5 Å². The highest BCUT2D eigenvalue weighted by molar-refractivity contribution is 6.09. The van der Waals surface area contributed by atoms with Crippen LogP contribution in [0.3, 0.4) is 0 Å². The van der Waals surface area contributed by atoms with Crippen molar-refractivity contribution in [3.8, 4) is 5.75 Å². The van der Waals surface area contributed by atoms with E-state index >= 15 is 0 Å². The van der Waals surface area contributed by atoms with E-state index < -0.39 is 0 Å². The maximum Gasteiger partial charge on any atom is 0.228 e. The van der Waals surface area contributed by atoms with E-state index in [0.29, 0.717) is 34.5 Å². The molecule has 35 heavy (non-hydrogen) atoms. The molecule has 5 aromatic rings. The number of hydrogen-bond donors (Lipinski definition) is 1. The summed E-state index contributed by atoms with van der Waals surface area (Å²) < 4.78 is 5.79. The van der Waals surface area contributed by atoms with Crippen LogP contribution in [-0.2, 0) is 6.42 Å². The number of allylic oxidation sites excluding steroid dienone is 1. The van der Waals surface area contributed by atoms with Gasteiger partial charge in [-0.3, -0.25) is 9.59 Å². The summed E-state index contributed by atoms with van der Waals surface area (Å²) in [5.41, 5.74) is 4.44. The number of aromatic hydroxyl groups is 1. The molecule has 0 amide bonds. The molecule has 0 aliphatic carbocycles. The number of phenolic OH excluding ortho intramolecular Hbond substituents is 1. The van der Waals surface area contributed by atoms with Gasteiger partial charge in [0.2, 0.25) is 5.78 Å². The molecular formula is C31H22O4. The molecule has 0 saturated heterocycles. The molecule has 0 bridgehead atoms. The number of carbonyl (C=O) groups excluding carboxylic acids is 2. The van der Waals surface area contributed by atoms with Crippen LogP contribution in [-0.4, -0.2) is 16.7 Å². The Labute approximate surface area is 202 Å². The molecule has 0 saturated carbocycles. The summed E-state index contributed by atoms with van der Waals surface area (Å²) in [5, 5.41) is 11.1. The van der Waals surface area contributed by atoms with E-state index in [1.165, 1.54) is 6.08 Å².